The molecule has 0 radical (unpaired) electrons. The number of hydrogen-bond donors (Lipinski definition) is 1. The van der Waals surface area contributed by atoms with Crippen LogP contribution in [0, 0.1) is 6.92 Å². The van der Waals surface area contributed by atoms with E-state index in [1.807, 2.05) is 45.2 Å². The van der Waals surface area contributed by atoms with Gasteiger partial charge in [-0.3, -0.25) is 0 Å². The van der Waals surface area contributed by atoms with Gasteiger partial charge < -0.3 is 5.32 Å². The van der Waals surface area contributed by atoms with E-state index >= 15 is 0 Å². The van der Waals surface area contributed by atoms with Gasteiger partial charge in [-0.15, -0.1) is 5.10 Å². The number of benzene rings is 1. The maximum absolute atomic E-state index is 4.19. The Hall–Kier alpha value is -1.36. The quantitative estimate of drug-likeness (QED) is 0.920. The molecule has 2 aromatic rings. The summed E-state index contributed by atoms with van der Waals surface area (Å²) in [6, 6.07) is 8.12. The first-order chi connectivity index (χ1) is 8.15. The van der Waals surface area contributed by atoms with E-state index in [0.29, 0.717) is 10.7 Å². The molecule has 0 unspecified atom stereocenters. The van der Waals surface area contributed by atoms with Gasteiger partial charge in [0, 0.05) is 12.7 Å². The van der Waals surface area contributed by atoms with Crippen LogP contribution in [0.5, 0.6) is 0 Å². The summed E-state index contributed by atoms with van der Waals surface area (Å²) in [5.74, 6) is 0.714. The lowest BCUT2D eigenvalue weighted by Gasteiger charge is -2.04. The van der Waals surface area contributed by atoms with Crippen LogP contribution in [0.15, 0.2) is 29.0 Å². The molecule has 1 N–H and O–H groups in total. The van der Waals surface area contributed by atoms with Gasteiger partial charge in [-0.2, -0.15) is 4.98 Å². The fourth-order valence-corrected chi connectivity index (χ4v) is 1.63. The fraction of sp³-hybridized carbons (Fsp3) is 0.333. The molecule has 92 valence electrons. The zero-order chi connectivity index (χ0) is 12.8. The van der Waals surface area contributed by atoms with E-state index < -0.39 is 0 Å². The topological polar surface area (TPSA) is 42.7 Å². The summed E-state index contributed by atoms with van der Waals surface area (Å²) in [5.41, 5.74) is 2.24. The number of aromatic nitrogens is 3. The van der Waals surface area contributed by atoms with E-state index in [2.05, 4.69) is 38.3 Å². The van der Waals surface area contributed by atoms with Gasteiger partial charge in [0.25, 0.3) is 0 Å². The van der Waals surface area contributed by atoms with Crippen LogP contribution < -0.4 is 5.32 Å². The zero-order valence-electron chi connectivity index (χ0n) is 10.5. The molecule has 17 heavy (non-hydrogen) atoms. The molecule has 0 saturated heterocycles. The first-order valence-electron chi connectivity index (χ1n) is 5.55. The van der Waals surface area contributed by atoms with Crippen molar-refractivity contribution in [1.82, 2.24) is 14.8 Å². The van der Waals surface area contributed by atoms with Crippen LogP contribution >= 0.6 is 15.9 Å². The number of nitrogens with one attached hydrogen (secondary N) is 1. The van der Waals surface area contributed by atoms with Gasteiger partial charge in [0.15, 0.2) is 0 Å². The van der Waals surface area contributed by atoms with Crippen LogP contribution in [0.3, 0.4) is 0 Å². The van der Waals surface area contributed by atoms with Crippen molar-refractivity contribution in [2.45, 2.75) is 20.8 Å². The molecule has 0 spiro atoms. The lowest BCUT2D eigenvalue weighted by atomic mass is 10.2. The Morgan fingerprint density at radius 2 is 1.76 bits per heavy atom. The second kappa shape index (κ2) is 6.39. The third-order valence-electron chi connectivity index (χ3n) is 2.04. The highest BCUT2D eigenvalue weighted by Crippen LogP contribution is 2.16. The Morgan fingerprint density at radius 1 is 1.18 bits per heavy atom. The summed E-state index contributed by atoms with van der Waals surface area (Å²) in [7, 11) is 1.84. The standard InChI is InChI=1S/C10H11BrN4.C2H6/c1-7-3-5-8(6-4-7)12-10-13-9(11)14-15(10)2;1-2/h3-6H,1-2H3,(H,12,13,14);1-2H3. The number of anilines is 2. The highest BCUT2D eigenvalue weighted by molar-refractivity contribution is 9.10. The lowest BCUT2D eigenvalue weighted by Crippen LogP contribution is -1.99. The SMILES string of the molecule is CC.Cc1ccc(Nc2nc(Br)nn2C)cc1. The Kier molecular flexibility index (Phi) is 5.15. The summed E-state index contributed by atoms with van der Waals surface area (Å²) < 4.78 is 2.27. The molecule has 5 heteroatoms. The number of nitrogens with zero attached hydrogens (tertiary/aromatic N) is 3. The molecular weight excluding hydrogens is 280 g/mol. The smallest absolute Gasteiger partial charge is 0.226 e. The van der Waals surface area contributed by atoms with E-state index in [0.717, 1.165) is 5.69 Å². The predicted octanol–water partition coefficient (Wildman–Crippen LogP) is 3.66. The van der Waals surface area contributed by atoms with Crippen LogP contribution in [-0.4, -0.2) is 14.8 Å². The first-order valence-corrected chi connectivity index (χ1v) is 6.34. The van der Waals surface area contributed by atoms with Crippen molar-refractivity contribution in [3.8, 4) is 0 Å². The van der Waals surface area contributed by atoms with Crippen molar-refractivity contribution in [3.05, 3.63) is 34.6 Å². The van der Waals surface area contributed by atoms with Crippen molar-refractivity contribution >= 4 is 27.6 Å². The van der Waals surface area contributed by atoms with Crippen LogP contribution in [0.4, 0.5) is 11.6 Å². The van der Waals surface area contributed by atoms with Crippen LogP contribution in [0.25, 0.3) is 0 Å². The molecule has 0 fully saturated rings. The summed E-state index contributed by atoms with van der Waals surface area (Å²) in [6.45, 7) is 6.06. The molecule has 2 rings (SSSR count). The van der Waals surface area contributed by atoms with E-state index in [9.17, 15) is 0 Å². The molecule has 0 amide bonds. The summed E-state index contributed by atoms with van der Waals surface area (Å²) in [4.78, 5) is 4.19. The second-order valence-electron chi connectivity index (χ2n) is 3.32. The molecule has 0 aliphatic heterocycles. The minimum absolute atomic E-state index is 0.583. The van der Waals surface area contributed by atoms with Crippen LogP contribution in [0.2, 0.25) is 0 Å². The number of halogens is 1. The third-order valence-corrected chi connectivity index (χ3v) is 2.38. The Morgan fingerprint density at radius 3 is 2.24 bits per heavy atom. The normalized spacial score (nSPS) is 9.47. The Labute approximate surface area is 110 Å². The maximum Gasteiger partial charge on any atom is 0.226 e. The maximum atomic E-state index is 4.19. The first kappa shape index (κ1) is 13.7. The van der Waals surface area contributed by atoms with Crippen molar-refractivity contribution in [2.24, 2.45) is 7.05 Å². The molecule has 0 bridgehead atoms. The third kappa shape index (κ3) is 3.85. The average Bonchev–Trinajstić information content (AvgIpc) is 2.63. The van der Waals surface area contributed by atoms with Gasteiger partial charge >= 0.3 is 0 Å². The van der Waals surface area contributed by atoms with Gasteiger partial charge in [0.1, 0.15) is 0 Å². The Bertz CT molecular complexity index is 462. The molecule has 1 aromatic carbocycles. The second-order valence-corrected chi connectivity index (χ2v) is 4.03. The fourth-order valence-electron chi connectivity index (χ4n) is 1.23. The van der Waals surface area contributed by atoms with Gasteiger partial charge in [0.05, 0.1) is 0 Å². The molecule has 1 heterocycles. The van der Waals surface area contributed by atoms with Crippen molar-refractivity contribution < 1.29 is 0 Å². The minimum Gasteiger partial charge on any atom is -0.324 e. The van der Waals surface area contributed by atoms with Gasteiger partial charge in [-0.1, -0.05) is 31.5 Å². The molecule has 0 aliphatic rings. The number of aryl methyl sites for hydroxylation is 2. The van der Waals surface area contributed by atoms with Gasteiger partial charge in [0.2, 0.25) is 10.7 Å². The van der Waals surface area contributed by atoms with E-state index in [4.69, 9.17) is 0 Å². The summed E-state index contributed by atoms with van der Waals surface area (Å²) in [6.07, 6.45) is 0. The van der Waals surface area contributed by atoms with Gasteiger partial charge in [-0.05, 0) is 35.0 Å². The van der Waals surface area contributed by atoms with Gasteiger partial charge in [-0.25, -0.2) is 4.68 Å². The highest BCUT2D eigenvalue weighted by atomic mass is 79.9. The minimum atomic E-state index is 0.583. The molecule has 0 atom stereocenters. The summed E-state index contributed by atoms with van der Waals surface area (Å²) in [5, 5.41) is 7.26. The van der Waals surface area contributed by atoms with E-state index in [1.54, 1.807) is 4.68 Å². The van der Waals surface area contributed by atoms with E-state index in [1.165, 1.54) is 5.56 Å². The number of hydrogen-bond acceptors (Lipinski definition) is 3. The van der Waals surface area contributed by atoms with E-state index in [-0.39, 0.29) is 0 Å². The lowest BCUT2D eigenvalue weighted by molar-refractivity contribution is 0.769. The molecule has 4 nitrogen and oxygen atoms in total. The van der Waals surface area contributed by atoms with Crippen molar-refractivity contribution in [3.63, 3.8) is 0 Å². The van der Waals surface area contributed by atoms with Crippen LogP contribution in [-0.2, 0) is 7.05 Å². The zero-order valence-corrected chi connectivity index (χ0v) is 12.1. The predicted molar refractivity (Wildman–Crippen MR) is 74.5 cm³/mol. The van der Waals surface area contributed by atoms with Crippen LogP contribution in [0.1, 0.15) is 19.4 Å². The van der Waals surface area contributed by atoms with Crippen molar-refractivity contribution in [2.75, 3.05) is 5.32 Å². The van der Waals surface area contributed by atoms with Crippen molar-refractivity contribution in [1.29, 1.82) is 0 Å². The Balaban J connectivity index is 0.000000686. The highest BCUT2D eigenvalue weighted by Gasteiger charge is 2.03. The molecule has 0 saturated carbocycles. The number of rotatable bonds is 2. The molecular formula is C12H17BrN4. The average molecular weight is 297 g/mol. The summed E-state index contributed by atoms with van der Waals surface area (Å²) >= 11 is 3.22. The molecule has 1 aromatic heterocycles. The largest absolute Gasteiger partial charge is 0.324 e. The molecule has 0 aliphatic carbocycles. The monoisotopic (exact) mass is 296 g/mol.